The van der Waals surface area contributed by atoms with Gasteiger partial charge in [-0.15, -0.1) is 0 Å². The summed E-state index contributed by atoms with van der Waals surface area (Å²) in [6.45, 7) is 0. The van der Waals surface area contributed by atoms with Crippen LogP contribution in [0.15, 0.2) is 18.3 Å². The minimum absolute atomic E-state index is 0.0780. The van der Waals surface area contributed by atoms with E-state index in [1.807, 2.05) is 0 Å². The highest BCUT2D eigenvalue weighted by atomic mass is 16.6. The molecule has 1 heterocycles. The van der Waals surface area contributed by atoms with Gasteiger partial charge in [0.25, 0.3) is 0 Å². The summed E-state index contributed by atoms with van der Waals surface area (Å²) in [5.74, 6) is 0.274. The molecule has 22 heavy (non-hydrogen) atoms. The highest BCUT2D eigenvalue weighted by molar-refractivity contribution is 6.00. The number of aromatic carboxylic acids is 1. The first kappa shape index (κ1) is 13.7. The van der Waals surface area contributed by atoms with Crippen molar-refractivity contribution in [2.75, 3.05) is 0 Å². The van der Waals surface area contributed by atoms with Crippen LogP contribution < -0.4 is 0 Å². The maximum absolute atomic E-state index is 12.5. The van der Waals surface area contributed by atoms with Crippen LogP contribution in [-0.4, -0.2) is 27.6 Å². The van der Waals surface area contributed by atoms with E-state index in [0.29, 0.717) is 17.8 Å². The number of hydrogen-bond acceptors (Lipinski definition) is 4. The third-order valence-corrected chi connectivity index (χ3v) is 5.52. The number of hydrogen-bond donors (Lipinski definition) is 1. The molecule has 0 amide bonds. The number of carboxylic acids is 1. The molecular weight excluding hydrogens is 282 g/mol. The van der Waals surface area contributed by atoms with Crippen LogP contribution in [0.25, 0.3) is 0 Å². The lowest BCUT2D eigenvalue weighted by atomic mass is 9.54. The third-order valence-electron chi connectivity index (χ3n) is 5.52. The molecule has 1 N–H and O–H groups in total. The average Bonchev–Trinajstić information content (AvgIpc) is 2.45. The Morgan fingerprint density at radius 1 is 1.14 bits per heavy atom. The monoisotopic (exact) mass is 301 g/mol. The maximum atomic E-state index is 12.5. The number of esters is 1. The third kappa shape index (κ3) is 2.19. The lowest BCUT2D eigenvalue weighted by Crippen LogP contribution is -2.52. The Morgan fingerprint density at radius 2 is 1.73 bits per heavy atom. The summed E-state index contributed by atoms with van der Waals surface area (Å²) in [5.41, 5.74) is -0.540. The van der Waals surface area contributed by atoms with Crippen molar-refractivity contribution >= 4 is 11.9 Å². The molecule has 4 fully saturated rings. The van der Waals surface area contributed by atoms with Gasteiger partial charge in [0.15, 0.2) is 5.69 Å². The van der Waals surface area contributed by atoms with Gasteiger partial charge < -0.3 is 9.84 Å². The zero-order chi connectivity index (χ0) is 15.3. The Balaban J connectivity index is 1.59. The van der Waals surface area contributed by atoms with E-state index in [-0.39, 0.29) is 16.9 Å². The van der Waals surface area contributed by atoms with Crippen molar-refractivity contribution in [1.82, 2.24) is 4.98 Å². The fourth-order valence-corrected chi connectivity index (χ4v) is 5.14. The molecule has 0 saturated heterocycles. The Morgan fingerprint density at radius 3 is 2.27 bits per heavy atom. The van der Waals surface area contributed by atoms with Crippen molar-refractivity contribution in [1.29, 1.82) is 0 Å². The predicted molar refractivity (Wildman–Crippen MR) is 77.5 cm³/mol. The number of rotatable bonds is 3. The van der Waals surface area contributed by atoms with Crippen LogP contribution in [0.5, 0.6) is 0 Å². The number of carbonyl (C=O) groups is 2. The fraction of sp³-hybridized carbons (Fsp3) is 0.588. The van der Waals surface area contributed by atoms with Gasteiger partial charge in [-0.05, 0) is 68.4 Å². The predicted octanol–water partition coefficient (Wildman–Crippen LogP) is 2.91. The number of pyridine rings is 1. The highest BCUT2D eigenvalue weighted by Crippen LogP contribution is 2.57. The van der Waals surface area contributed by atoms with E-state index in [2.05, 4.69) is 4.98 Å². The average molecular weight is 301 g/mol. The van der Waals surface area contributed by atoms with Gasteiger partial charge in [-0.1, -0.05) is 0 Å². The van der Waals surface area contributed by atoms with Crippen molar-refractivity contribution in [3.8, 4) is 0 Å². The van der Waals surface area contributed by atoms with Gasteiger partial charge in [-0.2, -0.15) is 0 Å². The van der Waals surface area contributed by atoms with Crippen LogP contribution in [0.4, 0.5) is 0 Å². The second-order valence-electron chi connectivity index (χ2n) is 7.19. The van der Waals surface area contributed by atoms with E-state index < -0.39 is 11.9 Å². The zero-order valence-electron chi connectivity index (χ0n) is 12.3. The smallest absolute Gasteiger partial charge is 0.358 e. The first-order chi connectivity index (χ1) is 10.5. The Bertz CT molecular complexity index is 604. The largest absolute Gasteiger partial charge is 0.478 e. The molecule has 0 atom stereocenters. The van der Waals surface area contributed by atoms with Crippen LogP contribution in [0, 0.1) is 17.8 Å². The molecule has 0 aromatic carbocycles. The zero-order valence-corrected chi connectivity index (χ0v) is 12.3. The fourth-order valence-electron chi connectivity index (χ4n) is 5.14. The summed E-state index contributed by atoms with van der Waals surface area (Å²) in [7, 11) is 0. The van der Waals surface area contributed by atoms with Crippen molar-refractivity contribution in [3.63, 3.8) is 0 Å². The van der Waals surface area contributed by atoms with Gasteiger partial charge in [0, 0.05) is 6.20 Å². The van der Waals surface area contributed by atoms with Gasteiger partial charge in [-0.3, -0.25) is 0 Å². The van der Waals surface area contributed by atoms with Crippen LogP contribution in [0.3, 0.4) is 0 Å². The normalized spacial score (nSPS) is 35.4. The first-order valence-electron chi connectivity index (χ1n) is 7.96. The number of aromatic nitrogens is 1. The molecule has 5 nitrogen and oxygen atoms in total. The Labute approximate surface area is 128 Å². The standard InChI is InChI=1S/C17H19NO4/c19-15(20)13-2-1-3-18-14(13)16(21)22-17-7-10-4-11(8-17)6-12(5-10)9-17/h1-3,10-12H,4-9H2,(H,19,20). The summed E-state index contributed by atoms with van der Waals surface area (Å²) < 4.78 is 5.86. The summed E-state index contributed by atoms with van der Waals surface area (Å²) in [4.78, 5) is 27.7. The van der Waals surface area contributed by atoms with Crippen molar-refractivity contribution < 1.29 is 19.4 Å². The van der Waals surface area contributed by atoms with E-state index in [1.54, 1.807) is 0 Å². The second kappa shape index (κ2) is 4.80. The molecule has 0 radical (unpaired) electrons. The van der Waals surface area contributed by atoms with Gasteiger partial charge in [-0.25, -0.2) is 14.6 Å². The summed E-state index contributed by atoms with van der Waals surface area (Å²) in [6, 6.07) is 2.91. The van der Waals surface area contributed by atoms with E-state index in [0.717, 1.165) is 19.3 Å². The molecule has 116 valence electrons. The Hall–Kier alpha value is -1.91. The number of ether oxygens (including phenoxy) is 1. The lowest BCUT2D eigenvalue weighted by Gasteiger charge is -2.55. The molecule has 0 unspecified atom stereocenters. The SMILES string of the molecule is O=C(O)c1cccnc1C(=O)OC12CC3CC(CC(C3)C1)C2. The Kier molecular flexibility index (Phi) is 2.99. The number of nitrogens with zero attached hydrogens (tertiary/aromatic N) is 1. The van der Waals surface area contributed by atoms with Gasteiger partial charge >= 0.3 is 11.9 Å². The molecule has 4 aliphatic rings. The molecule has 1 aromatic rings. The minimum Gasteiger partial charge on any atom is -0.478 e. The van der Waals surface area contributed by atoms with Crippen molar-refractivity contribution in [2.24, 2.45) is 17.8 Å². The van der Waals surface area contributed by atoms with Gasteiger partial charge in [0.1, 0.15) is 5.60 Å². The molecule has 4 bridgehead atoms. The minimum atomic E-state index is -1.15. The van der Waals surface area contributed by atoms with Crippen LogP contribution in [0.1, 0.15) is 59.4 Å². The van der Waals surface area contributed by atoms with Gasteiger partial charge in [0.2, 0.25) is 0 Å². The maximum Gasteiger partial charge on any atom is 0.358 e. The molecule has 4 saturated carbocycles. The summed E-state index contributed by atoms with van der Waals surface area (Å²) in [5, 5.41) is 9.20. The molecule has 5 heteroatoms. The molecular formula is C17H19NO4. The molecule has 1 aromatic heterocycles. The van der Waals surface area contributed by atoms with E-state index in [1.165, 1.54) is 37.6 Å². The van der Waals surface area contributed by atoms with E-state index in [9.17, 15) is 14.7 Å². The topological polar surface area (TPSA) is 76.5 Å². The van der Waals surface area contributed by atoms with Crippen LogP contribution in [-0.2, 0) is 4.74 Å². The van der Waals surface area contributed by atoms with Crippen molar-refractivity contribution in [3.05, 3.63) is 29.6 Å². The molecule has 5 rings (SSSR count). The number of carboxylic acid groups (broad SMARTS) is 1. The van der Waals surface area contributed by atoms with Crippen LogP contribution >= 0.6 is 0 Å². The highest BCUT2D eigenvalue weighted by Gasteiger charge is 2.53. The van der Waals surface area contributed by atoms with E-state index >= 15 is 0 Å². The van der Waals surface area contributed by atoms with Crippen LogP contribution in [0.2, 0.25) is 0 Å². The summed E-state index contributed by atoms with van der Waals surface area (Å²) >= 11 is 0. The molecule has 0 spiro atoms. The summed E-state index contributed by atoms with van der Waals surface area (Å²) in [6.07, 6.45) is 8.02. The lowest BCUT2D eigenvalue weighted by molar-refractivity contribution is -0.131. The van der Waals surface area contributed by atoms with E-state index in [4.69, 9.17) is 4.74 Å². The second-order valence-corrected chi connectivity index (χ2v) is 7.19. The van der Waals surface area contributed by atoms with Crippen molar-refractivity contribution in [2.45, 2.75) is 44.1 Å². The molecule has 4 aliphatic carbocycles. The quantitative estimate of drug-likeness (QED) is 0.869. The molecule has 0 aliphatic heterocycles. The van der Waals surface area contributed by atoms with Gasteiger partial charge in [0.05, 0.1) is 5.56 Å². The number of carbonyl (C=O) groups excluding carboxylic acids is 1. The first-order valence-corrected chi connectivity index (χ1v) is 7.96.